The second-order valence-corrected chi connectivity index (χ2v) is 5.71. The Morgan fingerprint density at radius 1 is 1.40 bits per heavy atom. The van der Waals surface area contributed by atoms with Gasteiger partial charge < -0.3 is 14.4 Å². The Hall–Kier alpha value is -1.55. The summed E-state index contributed by atoms with van der Waals surface area (Å²) in [5.74, 6) is 1.32. The van der Waals surface area contributed by atoms with E-state index in [1.165, 1.54) is 0 Å². The number of hydrogen-bond donors (Lipinski definition) is 0. The number of ether oxygens (including phenoxy) is 2. The Labute approximate surface area is 119 Å². The van der Waals surface area contributed by atoms with E-state index in [2.05, 4.69) is 6.92 Å². The number of nitrogens with zero attached hydrogens (tertiary/aromatic N) is 1. The quantitative estimate of drug-likeness (QED) is 0.848. The van der Waals surface area contributed by atoms with Gasteiger partial charge in [-0.25, -0.2) is 0 Å². The largest absolute Gasteiger partial charge is 0.484 e. The molecule has 4 heteroatoms. The lowest BCUT2D eigenvalue weighted by Gasteiger charge is -2.34. The standard InChI is InChI=1S/C16H21NO3/c1-12-9-13-10-17(8-7-15(13)20-12)16(18)11-19-14-5-3-2-4-6-14/h2-6,12-13,15H,7-11H2,1H3/t12-,13-,15+/m0/s1. The Morgan fingerprint density at radius 2 is 2.20 bits per heavy atom. The Morgan fingerprint density at radius 3 is 3.00 bits per heavy atom. The van der Waals surface area contributed by atoms with Crippen LogP contribution in [0, 0.1) is 5.92 Å². The smallest absolute Gasteiger partial charge is 0.260 e. The van der Waals surface area contributed by atoms with Crippen LogP contribution in [-0.2, 0) is 9.53 Å². The molecule has 2 aliphatic rings. The van der Waals surface area contributed by atoms with Gasteiger partial charge in [-0.15, -0.1) is 0 Å². The van der Waals surface area contributed by atoms with E-state index < -0.39 is 0 Å². The first-order valence-electron chi connectivity index (χ1n) is 7.33. The van der Waals surface area contributed by atoms with Gasteiger partial charge in [0.1, 0.15) is 5.75 Å². The lowest BCUT2D eigenvalue weighted by atomic mass is 9.93. The number of amides is 1. The molecule has 20 heavy (non-hydrogen) atoms. The summed E-state index contributed by atoms with van der Waals surface area (Å²) in [6, 6.07) is 9.48. The second-order valence-electron chi connectivity index (χ2n) is 5.71. The fourth-order valence-corrected chi connectivity index (χ4v) is 3.18. The fourth-order valence-electron chi connectivity index (χ4n) is 3.18. The number of benzene rings is 1. The monoisotopic (exact) mass is 275 g/mol. The van der Waals surface area contributed by atoms with Gasteiger partial charge in [-0.2, -0.15) is 0 Å². The normalized spacial score (nSPS) is 29.1. The predicted molar refractivity (Wildman–Crippen MR) is 75.6 cm³/mol. The highest BCUT2D eigenvalue weighted by Gasteiger charge is 2.38. The van der Waals surface area contributed by atoms with E-state index >= 15 is 0 Å². The first-order chi connectivity index (χ1) is 9.72. The van der Waals surface area contributed by atoms with E-state index in [-0.39, 0.29) is 12.5 Å². The molecule has 0 bridgehead atoms. The topological polar surface area (TPSA) is 38.8 Å². The summed E-state index contributed by atoms with van der Waals surface area (Å²) in [4.78, 5) is 14.1. The maximum atomic E-state index is 12.2. The van der Waals surface area contributed by atoms with Crippen molar-refractivity contribution in [3.05, 3.63) is 30.3 Å². The van der Waals surface area contributed by atoms with Crippen LogP contribution in [0.2, 0.25) is 0 Å². The molecular formula is C16H21NO3. The summed E-state index contributed by atoms with van der Waals surface area (Å²) in [7, 11) is 0. The van der Waals surface area contributed by atoms with Gasteiger partial charge in [0.05, 0.1) is 12.2 Å². The van der Waals surface area contributed by atoms with Crippen molar-refractivity contribution < 1.29 is 14.3 Å². The van der Waals surface area contributed by atoms with Crippen LogP contribution in [0.4, 0.5) is 0 Å². The molecule has 1 aromatic rings. The summed E-state index contributed by atoms with van der Waals surface area (Å²) < 4.78 is 11.4. The first-order valence-corrected chi connectivity index (χ1v) is 7.33. The summed E-state index contributed by atoms with van der Waals surface area (Å²) in [6.45, 7) is 3.83. The Balaban J connectivity index is 1.51. The molecule has 0 aliphatic carbocycles. The third kappa shape index (κ3) is 2.96. The highest BCUT2D eigenvalue weighted by atomic mass is 16.5. The van der Waals surface area contributed by atoms with Crippen LogP contribution in [-0.4, -0.2) is 42.7 Å². The Bertz CT molecular complexity index is 462. The maximum absolute atomic E-state index is 12.2. The van der Waals surface area contributed by atoms with Crippen molar-refractivity contribution in [1.29, 1.82) is 0 Å². The van der Waals surface area contributed by atoms with E-state index in [0.29, 0.717) is 18.1 Å². The minimum atomic E-state index is 0.0758. The third-order valence-corrected chi connectivity index (χ3v) is 4.16. The molecule has 3 rings (SSSR count). The molecule has 0 saturated carbocycles. The van der Waals surface area contributed by atoms with Crippen molar-refractivity contribution in [2.75, 3.05) is 19.7 Å². The van der Waals surface area contributed by atoms with E-state index in [4.69, 9.17) is 9.47 Å². The van der Waals surface area contributed by atoms with Crippen molar-refractivity contribution in [2.24, 2.45) is 5.92 Å². The molecule has 0 N–H and O–H groups in total. The molecule has 4 nitrogen and oxygen atoms in total. The van der Waals surface area contributed by atoms with Gasteiger partial charge in [0, 0.05) is 19.0 Å². The average Bonchev–Trinajstić information content (AvgIpc) is 2.85. The number of rotatable bonds is 3. The van der Waals surface area contributed by atoms with E-state index in [1.54, 1.807) is 0 Å². The van der Waals surface area contributed by atoms with Gasteiger partial charge in [-0.05, 0) is 31.9 Å². The highest BCUT2D eigenvalue weighted by molar-refractivity contribution is 5.77. The van der Waals surface area contributed by atoms with Gasteiger partial charge in [-0.1, -0.05) is 18.2 Å². The van der Waals surface area contributed by atoms with E-state index in [0.717, 1.165) is 31.7 Å². The summed E-state index contributed by atoms with van der Waals surface area (Å²) in [5.41, 5.74) is 0. The van der Waals surface area contributed by atoms with Gasteiger partial charge in [0.15, 0.2) is 6.61 Å². The Kier molecular flexibility index (Phi) is 3.92. The van der Waals surface area contributed by atoms with Gasteiger partial charge in [0.25, 0.3) is 5.91 Å². The van der Waals surface area contributed by atoms with Crippen molar-refractivity contribution in [3.63, 3.8) is 0 Å². The van der Waals surface area contributed by atoms with Crippen LogP contribution in [0.15, 0.2) is 30.3 Å². The van der Waals surface area contributed by atoms with Crippen molar-refractivity contribution in [1.82, 2.24) is 4.90 Å². The lowest BCUT2D eigenvalue weighted by Crippen LogP contribution is -2.46. The first kappa shape index (κ1) is 13.4. The molecule has 0 spiro atoms. The van der Waals surface area contributed by atoms with Crippen molar-refractivity contribution in [3.8, 4) is 5.75 Å². The van der Waals surface area contributed by atoms with Crippen LogP contribution in [0.1, 0.15) is 19.8 Å². The number of fused-ring (bicyclic) bond motifs is 1. The van der Waals surface area contributed by atoms with Crippen LogP contribution >= 0.6 is 0 Å². The van der Waals surface area contributed by atoms with Gasteiger partial charge in [0.2, 0.25) is 0 Å². The predicted octanol–water partition coefficient (Wildman–Crippen LogP) is 2.09. The van der Waals surface area contributed by atoms with Gasteiger partial charge >= 0.3 is 0 Å². The molecule has 2 fully saturated rings. The number of piperidine rings is 1. The fraction of sp³-hybridized carbons (Fsp3) is 0.562. The minimum absolute atomic E-state index is 0.0758. The van der Waals surface area contributed by atoms with Crippen molar-refractivity contribution >= 4 is 5.91 Å². The number of carbonyl (C=O) groups excluding carboxylic acids is 1. The number of likely N-dealkylation sites (tertiary alicyclic amines) is 1. The van der Waals surface area contributed by atoms with Gasteiger partial charge in [-0.3, -0.25) is 4.79 Å². The summed E-state index contributed by atoms with van der Waals surface area (Å²) >= 11 is 0. The van der Waals surface area contributed by atoms with Crippen molar-refractivity contribution in [2.45, 2.75) is 32.0 Å². The average molecular weight is 275 g/mol. The minimum Gasteiger partial charge on any atom is -0.484 e. The number of para-hydroxylation sites is 1. The second kappa shape index (κ2) is 5.83. The SMILES string of the molecule is C[C@H]1C[C@H]2CN(C(=O)COc3ccccc3)CC[C@H]2O1. The summed E-state index contributed by atoms with van der Waals surface area (Å²) in [6.07, 6.45) is 2.70. The zero-order valence-corrected chi connectivity index (χ0v) is 11.8. The molecule has 2 heterocycles. The molecule has 1 amide bonds. The molecular weight excluding hydrogens is 254 g/mol. The molecule has 0 radical (unpaired) electrons. The molecule has 2 saturated heterocycles. The molecule has 3 atom stereocenters. The van der Waals surface area contributed by atoms with E-state index in [1.807, 2.05) is 35.2 Å². The van der Waals surface area contributed by atoms with Crippen LogP contribution in [0.3, 0.4) is 0 Å². The maximum Gasteiger partial charge on any atom is 0.260 e. The molecule has 2 aliphatic heterocycles. The zero-order valence-electron chi connectivity index (χ0n) is 11.8. The molecule has 108 valence electrons. The van der Waals surface area contributed by atoms with Crippen LogP contribution in [0.5, 0.6) is 5.75 Å². The molecule has 0 unspecified atom stereocenters. The van der Waals surface area contributed by atoms with Crippen LogP contribution < -0.4 is 4.74 Å². The molecule has 1 aromatic carbocycles. The highest BCUT2D eigenvalue weighted by Crippen LogP contribution is 2.32. The zero-order chi connectivity index (χ0) is 13.9. The molecule has 0 aromatic heterocycles. The lowest BCUT2D eigenvalue weighted by molar-refractivity contribution is -0.136. The number of hydrogen-bond acceptors (Lipinski definition) is 3. The summed E-state index contributed by atoms with van der Waals surface area (Å²) in [5, 5.41) is 0. The number of carbonyl (C=O) groups is 1. The van der Waals surface area contributed by atoms with Crippen LogP contribution in [0.25, 0.3) is 0 Å². The third-order valence-electron chi connectivity index (χ3n) is 4.16. The van der Waals surface area contributed by atoms with E-state index in [9.17, 15) is 4.79 Å².